The van der Waals surface area contributed by atoms with E-state index >= 15 is 0 Å². The van der Waals surface area contributed by atoms with Gasteiger partial charge >= 0.3 is 5.97 Å². The molecule has 1 aromatic heterocycles. The van der Waals surface area contributed by atoms with Crippen molar-refractivity contribution in [3.05, 3.63) is 61.4 Å². The summed E-state index contributed by atoms with van der Waals surface area (Å²) in [5.74, 6) is -0.823. The van der Waals surface area contributed by atoms with Gasteiger partial charge in [-0.25, -0.2) is 9.78 Å². The van der Waals surface area contributed by atoms with Gasteiger partial charge in [0.2, 0.25) is 0 Å². The van der Waals surface area contributed by atoms with Gasteiger partial charge in [-0.1, -0.05) is 5.11 Å². The van der Waals surface area contributed by atoms with Crippen molar-refractivity contribution in [2.24, 2.45) is 5.11 Å². The molecule has 0 spiro atoms. The van der Waals surface area contributed by atoms with Gasteiger partial charge in [0.05, 0.1) is 25.8 Å². The number of amides is 1. The summed E-state index contributed by atoms with van der Waals surface area (Å²) in [6.07, 6.45) is 0. The fraction of sp³-hybridized carbons (Fsp3) is 0.312. The van der Waals surface area contributed by atoms with Gasteiger partial charge in [0.25, 0.3) is 5.91 Å². The lowest BCUT2D eigenvalue weighted by atomic mass is 10.0. The molecule has 0 fully saturated rings. The van der Waals surface area contributed by atoms with E-state index in [1.807, 2.05) is 12.3 Å². The minimum atomic E-state index is -0.560. The number of thiazole rings is 1. The van der Waals surface area contributed by atoms with Crippen LogP contribution in [0.4, 0.5) is 0 Å². The molecular formula is C16H17N5O3S. The summed E-state index contributed by atoms with van der Waals surface area (Å²) in [6, 6.07) is 4.62. The van der Waals surface area contributed by atoms with E-state index < -0.39 is 5.97 Å². The third-order valence-electron chi connectivity index (χ3n) is 3.36. The molecule has 2 aromatic rings. The van der Waals surface area contributed by atoms with E-state index in [0.29, 0.717) is 17.7 Å². The Morgan fingerprint density at radius 3 is 2.68 bits per heavy atom. The maximum absolute atomic E-state index is 12.7. The Labute approximate surface area is 148 Å². The highest BCUT2D eigenvalue weighted by molar-refractivity contribution is 7.09. The number of aromatic nitrogens is 1. The smallest absolute Gasteiger partial charge is 0.337 e. The highest BCUT2D eigenvalue weighted by Gasteiger charge is 2.17. The first-order chi connectivity index (χ1) is 11.9. The minimum Gasteiger partial charge on any atom is -0.465 e. The molecule has 1 aromatic carbocycles. The molecule has 1 heterocycles. The molecule has 0 radical (unpaired) electrons. The van der Waals surface area contributed by atoms with Crippen LogP contribution in [-0.2, 0) is 17.8 Å². The fourth-order valence-corrected chi connectivity index (χ4v) is 3.05. The average molecular weight is 359 g/mol. The Bertz CT molecular complexity index is 842. The van der Waals surface area contributed by atoms with Gasteiger partial charge in [0.15, 0.2) is 0 Å². The number of rotatable bonds is 6. The van der Waals surface area contributed by atoms with Crippen molar-refractivity contribution >= 4 is 23.2 Å². The summed E-state index contributed by atoms with van der Waals surface area (Å²) in [7, 11) is 2.93. The standard InChI is InChI=1S/C16H17N5O3S/c1-10-9-25-14(19-10)8-21(2)15(22)12-4-11(7-18-20-17)5-13(6-12)16(23)24-3/h4-6,9H,7-8H2,1-3H3. The highest BCUT2D eigenvalue weighted by atomic mass is 32.1. The molecule has 0 aliphatic heterocycles. The molecule has 130 valence electrons. The van der Waals surface area contributed by atoms with Crippen LogP contribution in [0.2, 0.25) is 0 Å². The molecule has 1 amide bonds. The van der Waals surface area contributed by atoms with E-state index in [0.717, 1.165) is 10.7 Å². The summed E-state index contributed by atoms with van der Waals surface area (Å²) in [6.45, 7) is 2.30. The third-order valence-corrected chi connectivity index (χ3v) is 4.31. The van der Waals surface area contributed by atoms with Crippen molar-refractivity contribution in [1.82, 2.24) is 9.88 Å². The fourth-order valence-electron chi connectivity index (χ4n) is 2.23. The molecule has 0 atom stereocenters. The second-order valence-corrected chi connectivity index (χ2v) is 6.29. The topological polar surface area (TPSA) is 108 Å². The Hall–Kier alpha value is -2.90. The van der Waals surface area contributed by atoms with Crippen LogP contribution >= 0.6 is 11.3 Å². The quantitative estimate of drug-likeness (QED) is 0.341. The first-order valence-electron chi connectivity index (χ1n) is 7.34. The minimum absolute atomic E-state index is 0.0387. The SMILES string of the molecule is COC(=O)c1cc(CN=[N+]=[N-])cc(C(=O)N(C)Cc2nc(C)cs2)c1. The van der Waals surface area contributed by atoms with E-state index in [1.165, 1.54) is 29.4 Å². The summed E-state index contributed by atoms with van der Waals surface area (Å²) in [5.41, 5.74) is 10.5. The van der Waals surface area contributed by atoms with E-state index in [9.17, 15) is 9.59 Å². The van der Waals surface area contributed by atoms with E-state index in [2.05, 4.69) is 15.0 Å². The van der Waals surface area contributed by atoms with Crippen molar-refractivity contribution in [3.63, 3.8) is 0 Å². The summed E-state index contributed by atoms with van der Waals surface area (Å²) >= 11 is 1.48. The highest BCUT2D eigenvalue weighted by Crippen LogP contribution is 2.17. The maximum Gasteiger partial charge on any atom is 0.337 e. The number of ether oxygens (including phenoxy) is 1. The maximum atomic E-state index is 12.7. The average Bonchev–Trinajstić information content (AvgIpc) is 3.02. The molecule has 0 N–H and O–H groups in total. The van der Waals surface area contributed by atoms with Crippen molar-refractivity contribution in [3.8, 4) is 0 Å². The van der Waals surface area contributed by atoms with Crippen LogP contribution in [0.25, 0.3) is 10.4 Å². The third kappa shape index (κ3) is 4.79. The largest absolute Gasteiger partial charge is 0.465 e. The number of carbonyl (C=O) groups is 2. The number of nitrogens with zero attached hydrogens (tertiary/aromatic N) is 5. The second kappa shape index (κ2) is 8.27. The number of azide groups is 1. The molecule has 9 heteroatoms. The zero-order valence-corrected chi connectivity index (χ0v) is 14.9. The van der Waals surface area contributed by atoms with E-state index in [4.69, 9.17) is 10.3 Å². The number of aryl methyl sites for hydroxylation is 1. The lowest BCUT2D eigenvalue weighted by Gasteiger charge is -2.17. The Kier molecular flexibility index (Phi) is 6.10. The van der Waals surface area contributed by atoms with Gasteiger partial charge in [0, 0.05) is 28.6 Å². The van der Waals surface area contributed by atoms with Gasteiger partial charge in [0.1, 0.15) is 5.01 Å². The monoisotopic (exact) mass is 359 g/mol. The first-order valence-corrected chi connectivity index (χ1v) is 8.22. The Morgan fingerprint density at radius 1 is 1.36 bits per heavy atom. The van der Waals surface area contributed by atoms with Crippen LogP contribution < -0.4 is 0 Å². The summed E-state index contributed by atoms with van der Waals surface area (Å²) < 4.78 is 4.71. The van der Waals surface area contributed by atoms with Crippen molar-refractivity contribution in [1.29, 1.82) is 0 Å². The number of esters is 1. The predicted molar refractivity (Wildman–Crippen MR) is 93.3 cm³/mol. The predicted octanol–water partition coefficient (Wildman–Crippen LogP) is 3.32. The molecule has 8 nitrogen and oxygen atoms in total. The van der Waals surface area contributed by atoms with Crippen LogP contribution in [0.3, 0.4) is 0 Å². The van der Waals surface area contributed by atoms with Gasteiger partial charge in [-0.3, -0.25) is 4.79 Å². The number of methoxy groups -OCH3 is 1. The van der Waals surface area contributed by atoms with Gasteiger partial charge in [-0.15, -0.1) is 11.3 Å². The van der Waals surface area contributed by atoms with Crippen LogP contribution in [0.1, 0.15) is 37.0 Å². The number of hydrogen-bond acceptors (Lipinski definition) is 6. The van der Waals surface area contributed by atoms with Crippen LogP contribution in [0.15, 0.2) is 28.7 Å². The molecule has 0 bridgehead atoms. The lowest BCUT2D eigenvalue weighted by molar-refractivity contribution is 0.0600. The summed E-state index contributed by atoms with van der Waals surface area (Å²) in [5, 5.41) is 6.23. The van der Waals surface area contributed by atoms with E-state index in [-0.39, 0.29) is 18.0 Å². The van der Waals surface area contributed by atoms with Crippen molar-refractivity contribution in [2.75, 3.05) is 14.2 Å². The molecule has 0 aliphatic rings. The number of hydrogen-bond donors (Lipinski definition) is 0. The lowest BCUT2D eigenvalue weighted by Crippen LogP contribution is -2.26. The van der Waals surface area contributed by atoms with Gasteiger partial charge < -0.3 is 9.64 Å². The molecule has 2 rings (SSSR count). The molecular weight excluding hydrogens is 342 g/mol. The van der Waals surface area contributed by atoms with Crippen molar-refractivity contribution < 1.29 is 14.3 Å². The van der Waals surface area contributed by atoms with Crippen molar-refractivity contribution in [2.45, 2.75) is 20.0 Å². The molecule has 25 heavy (non-hydrogen) atoms. The molecule has 0 saturated carbocycles. The normalized spacial score (nSPS) is 10.0. The molecule has 0 unspecified atom stereocenters. The first kappa shape index (κ1) is 18.4. The van der Waals surface area contributed by atoms with Crippen LogP contribution in [-0.4, -0.2) is 35.9 Å². The van der Waals surface area contributed by atoms with Gasteiger partial charge in [-0.2, -0.15) is 0 Å². The number of benzene rings is 1. The Morgan fingerprint density at radius 2 is 2.08 bits per heavy atom. The zero-order valence-electron chi connectivity index (χ0n) is 14.1. The Balaban J connectivity index is 2.29. The molecule has 0 saturated heterocycles. The van der Waals surface area contributed by atoms with Crippen LogP contribution in [0.5, 0.6) is 0 Å². The summed E-state index contributed by atoms with van der Waals surface area (Å²) in [4.78, 5) is 33.1. The van der Waals surface area contributed by atoms with E-state index in [1.54, 1.807) is 19.2 Å². The second-order valence-electron chi connectivity index (χ2n) is 5.34. The van der Waals surface area contributed by atoms with Gasteiger partial charge in [-0.05, 0) is 36.2 Å². The number of carbonyl (C=O) groups excluding carboxylic acids is 2. The zero-order chi connectivity index (χ0) is 18.4. The molecule has 0 aliphatic carbocycles. The van der Waals surface area contributed by atoms with Crippen LogP contribution in [0, 0.1) is 6.92 Å².